The summed E-state index contributed by atoms with van der Waals surface area (Å²) in [5, 5.41) is -0.295. The Morgan fingerprint density at radius 1 is 1.09 bits per heavy atom. The largest absolute Gasteiger partial charge is 0.270 e. The molecule has 0 N–H and O–H groups in total. The van der Waals surface area contributed by atoms with Crippen LogP contribution in [0.1, 0.15) is 71.6 Å². The van der Waals surface area contributed by atoms with Crippen LogP contribution in [0, 0.1) is 17.8 Å². The molecule has 3 nitrogen and oxygen atoms in total. The van der Waals surface area contributed by atoms with Crippen LogP contribution >= 0.6 is 0 Å². The summed E-state index contributed by atoms with van der Waals surface area (Å²) in [6.45, 7) is 8.35. The summed E-state index contributed by atoms with van der Waals surface area (Å²) in [6.07, 6.45) is 10.4. The van der Waals surface area contributed by atoms with E-state index in [0.29, 0.717) is 5.92 Å². The van der Waals surface area contributed by atoms with E-state index in [1.54, 1.807) is 0 Å². The Morgan fingerprint density at radius 2 is 1.68 bits per heavy atom. The second kappa shape index (κ2) is 7.96. The van der Waals surface area contributed by atoms with Crippen molar-refractivity contribution in [3.8, 4) is 0 Å². The van der Waals surface area contributed by atoms with Gasteiger partial charge in [0.25, 0.3) is 10.1 Å². The predicted molar refractivity (Wildman–Crippen MR) is 91.1 cm³/mol. The summed E-state index contributed by atoms with van der Waals surface area (Å²) < 4.78 is 30.5. The minimum Gasteiger partial charge on any atom is -0.267 e. The van der Waals surface area contributed by atoms with Gasteiger partial charge in [-0.1, -0.05) is 26.3 Å². The van der Waals surface area contributed by atoms with Gasteiger partial charge < -0.3 is 0 Å². The lowest BCUT2D eigenvalue weighted by molar-refractivity contribution is 0.115. The first-order valence-corrected chi connectivity index (χ1v) is 10.5. The zero-order chi connectivity index (χ0) is 16.2. The highest BCUT2D eigenvalue weighted by atomic mass is 32.2. The van der Waals surface area contributed by atoms with Gasteiger partial charge in [0.1, 0.15) is 0 Å². The molecule has 2 fully saturated rings. The van der Waals surface area contributed by atoms with Gasteiger partial charge in [-0.05, 0) is 69.1 Å². The third-order valence-corrected chi connectivity index (χ3v) is 7.73. The average Bonchev–Trinajstić information content (AvgIpc) is 2.54. The molecule has 0 aromatic heterocycles. The summed E-state index contributed by atoms with van der Waals surface area (Å²) in [5.41, 5.74) is 0. The van der Waals surface area contributed by atoms with Gasteiger partial charge >= 0.3 is 0 Å². The van der Waals surface area contributed by atoms with Gasteiger partial charge in [-0.15, -0.1) is 6.58 Å². The topological polar surface area (TPSA) is 43.4 Å². The van der Waals surface area contributed by atoms with Crippen molar-refractivity contribution in [1.82, 2.24) is 0 Å². The molecule has 0 bridgehead atoms. The second-order valence-corrected chi connectivity index (χ2v) is 9.13. The number of allylic oxidation sites excluding steroid dienone is 1. The van der Waals surface area contributed by atoms with Crippen LogP contribution in [0.25, 0.3) is 0 Å². The normalized spacial score (nSPS) is 35.0. The van der Waals surface area contributed by atoms with E-state index in [-0.39, 0.29) is 11.4 Å². The Hall–Kier alpha value is -0.350. The number of hydrogen-bond acceptors (Lipinski definition) is 3. The molecule has 0 saturated heterocycles. The average molecular weight is 329 g/mol. The quantitative estimate of drug-likeness (QED) is 0.525. The molecule has 1 atom stereocenters. The number of hydrogen-bond donors (Lipinski definition) is 0. The third kappa shape index (κ3) is 4.58. The van der Waals surface area contributed by atoms with Crippen molar-refractivity contribution in [2.45, 2.75) is 83.0 Å². The molecule has 4 heteroatoms. The fourth-order valence-corrected chi connectivity index (χ4v) is 5.55. The molecule has 0 spiro atoms. The van der Waals surface area contributed by atoms with Gasteiger partial charge in [-0.25, -0.2) is 0 Å². The summed E-state index contributed by atoms with van der Waals surface area (Å²) in [6, 6.07) is 0. The lowest BCUT2D eigenvalue weighted by Gasteiger charge is -2.33. The van der Waals surface area contributed by atoms with Crippen molar-refractivity contribution in [2.75, 3.05) is 0 Å². The lowest BCUT2D eigenvalue weighted by atomic mass is 9.79. The molecule has 2 aliphatic rings. The van der Waals surface area contributed by atoms with E-state index in [1.807, 2.05) is 6.08 Å². The maximum Gasteiger partial charge on any atom is 0.270 e. The van der Waals surface area contributed by atoms with Crippen LogP contribution < -0.4 is 0 Å². The predicted octanol–water partition coefficient (Wildman–Crippen LogP) is 4.68. The molecule has 22 heavy (non-hydrogen) atoms. The number of rotatable bonds is 6. The van der Waals surface area contributed by atoms with Crippen LogP contribution in [0.3, 0.4) is 0 Å². The second-order valence-electron chi connectivity index (χ2n) is 7.28. The smallest absolute Gasteiger partial charge is 0.267 e. The monoisotopic (exact) mass is 328 g/mol. The van der Waals surface area contributed by atoms with E-state index >= 15 is 0 Å². The zero-order valence-corrected chi connectivity index (χ0v) is 15.0. The molecule has 2 rings (SSSR count). The highest BCUT2D eigenvalue weighted by Gasteiger charge is 2.34. The van der Waals surface area contributed by atoms with Gasteiger partial charge in [0.2, 0.25) is 0 Å². The fourth-order valence-electron chi connectivity index (χ4n) is 3.97. The summed E-state index contributed by atoms with van der Waals surface area (Å²) in [5.74, 6) is 1.97. The molecule has 0 aliphatic heterocycles. The van der Waals surface area contributed by atoms with Crippen LogP contribution in [-0.4, -0.2) is 19.8 Å². The van der Waals surface area contributed by atoms with Crippen LogP contribution in [0.5, 0.6) is 0 Å². The SMILES string of the molecule is C=CC1CCC(S(=O)(=O)OC2CCC(C(C)CC)CC2)CC1. The van der Waals surface area contributed by atoms with Crippen molar-refractivity contribution in [2.24, 2.45) is 17.8 Å². The highest BCUT2D eigenvalue weighted by Crippen LogP contribution is 2.35. The molecule has 0 aromatic rings. The van der Waals surface area contributed by atoms with Crippen molar-refractivity contribution in [1.29, 1.82) is 0 Å². The van der Waals surface area contributed by atoms with Gasteiger partial charge in [0.15, 0.2) is 0 Å². The van der Waals surface area contributed by atoms with Gasteiger partial charge in [0, 0.05) is 0 Å². The fraction of sp³-hybridized carbons (Fsp3) is 0.889. The lowest BCUT2D eigenvalue weighted by Crippen LogP contribution is -2.33. The molecule has 1 unspecified atom stereocenters. The maximum atomic E-state index is 12.5. The summed E-state index contributed by atoms with van der Waals surface area (Å²) in [4.78, 5) is 0. The van der Waals surface area contributed by atoms with E-state index in [2.05, 4.69) is 20.4 Å². The maximum absolute atomic E-state index is 12.5. The molecule has 128 valence electrons. The molecule has 0 amide bonds. The minimum atomic E-state index is -3.39. The van der Waals surface area contributed by atoms with E-state index in [1.165, 1.54) is 6.42 Å². The molecule has 0 heterocycles. The molecular weight excluding hydrogens is 296 g/mol. The van der Waals surface area contributed by atoms with E-state index in [9.17, 15) is 8.42 Å². The van der Waals surface area contributed by atoms with E-state index < -0.39 is 10.1 Å². The summed E-state index contributed by atoms with van der Waals surface area (Å²) in [7, 11) is -3.39. The molecule has 2 aliphatic carbocycles. The Labute approximate surface area is 136 Å². The van der Waals surface area contributed by atoms with Crippen LogP contribution in [0.15, 0.2) is 12.7 Å². The van der Waals surface area contributed by atoms with Crippen molar-refractivity contribution < 1.29 is 12.6 Å². The molecular formula is C18H32O3S. The Kier molecular flexibility index (Phi) is 6.51. The van der Waals surface area contributed by atoms with E-state index in [4.69, 9.17) is 4.18 Å². The van der Waals surface area contributed by atoms with E-state index in [0.717, 1.165) is 63.2 Å². The molecule has 2 saturated carbocycles. The van der Waals surface area contributed by atoms with Gasteiger partial charge in [-0.3, -0.25) is 4.18 Å². The Balaban J connectivity index is 1.82. The van der Waals surface area contributed by atoms with Crippen molar-refractivity contribution >= 4 is 10.1 Å². The van der Waals surface area contributed by atoms with Crippen molar-refractivity contribution in [3.05, 3.63) is 12.7 Å². The first-order chi connectivity index (χ1) is 10.5. The Bertz CT molecular complexity index is 441. The van der Waals surface area contributed by atoms with Gasteiger partial charge in [0.05, 0.1) is 11.4 Å². The van der Waals surface area contributed by atoms with Crippen LogP contribution in [0.4, 0.5) is 0 Å². The standard InChI is InChI=1S/C18H32O3S/c1-4-14(3)16-8-10-17(11-9-16)21-22(19,20)18-12-6-15(5-2)7-13-18/h5,14-18H,2,4,6-13H2,1,3H3. The third-order valence-electron chi connectivity index (χ3n) is 5.90. The van der Waals surface area contributed by atoms with Crippen molar-refractivity contribution in [3.63, 3.8) is 0 Å². The first kappa shape index (κ1) is 18.0. The zero-order valence-electron chi connectivity index (χ0n) is 14.2. The molecule has 0 radical (unpaired) electrons. The van der Waals surface area contributed by atoms with Crippen LogP contribution in [-0.2, 0) is 14.3 Å². The van der Waals surface area contributed by atoms with Crippen LogP contribution in [0.2, 0.25) is 0 Å². The Morgan fingerprint density at radius 3 is 2.18 bits per heavy atom. The highest BCUT2D eigenvalue weighted by molar-refractivity contribution is 7.87. The molecule has 0 aromatic carbocycles. The summed E-state index contributed by atoms with van der Waals surface area (Å²) >= 11 is 0. The first-order valence-electron chi connectivity index (χ1n) is 9.01. The minimum absolute atomic E-state index is 0.0811. The van der Waals surface area contributed by atoms with Gasteiger partial charge in [-0.2, -0.15) is 8.42 Å².